The van der Waals surface area contributed by atoms with E-state index in [1.807, 2.05) is 11.8 Å². The summed E-state index contributed by atoms with van der Waals surface area (Å²) in [6.07, 6.45) is 0. The molecular formula is C15H25NOS. The lowest BCUT2D eigenvalue weighted by Crippen LogP contribution is -2.24. The van der Waals surface area contributed by atoms with Gasteiger partial charge in [-0.25, -0.2) is 0 Å². The molecule has 0 aliphatic carbocycles. The van der Waals surface area contributed by atoms with Gasteiger partial charge in [0.25, 0.3) is 0 Å². The molecule has 0 spiro atoms. The predicted molar refractivity (Wildman–Crippen MR) is 81.7 cm³/mol. The molecule has 1 atom stereocenters. The van der Waals surface area contributed by atoms with Crippen molar-refractivity contribution in [3.63, 3.8) is 0 Å². The monoisotopic (exact) mass is 267 g/mol. The molecule has 0 saturated carbocycles. The van der Waals surface area contributed by atoms with Crippen LogP contribution in [0.5, 0.6) is 5.75 Å². The molecule has 0 bridgehead atoms. The second kappa shape index (κ2) is 7.70. The number of ether oxygens (including phenoxy) is 1. The minimum Gasteiger partial charge on any atom is -0.496 e. The fourth-order valence-electron chi connectivity index (χ4n) is 1.92. The van der Waals surface area contributed by atoms with Gasteiger partial charge in [0.2, 0.25) is 0 Å². The highest BCUT2D eigenvalue weighted by Gasteiger charge is 2.16. The lowest BCUT2D eigenvalue weighted by Gasteiger charge is -2.22. The van der Waals surface area contributed by atoms with Gasteiger partial charge in [0, 0.05) is 17.4 Å². The van der Waals surface area contributed by atoms with E-state index in [1.165, 1.54) is 11.1 Å². The van der Waals surface area contributed by atoms with E-state index in [0.29, 0.717) is 11.3 Å². The van der Waals surface area contributed by atoms with Crippen molar-refractivity contribution in [3.05, 3.63) is 29.3 Å². The maximum Gasteiger partial charge on any atom is 0.123 e. The highest BCUT2D eigenvalue weighted by molar-refractivity contribution is 7.99. The van der Waals surface area contributed by atoms with Gasteiger partial charge >= 0.3 is 0 Å². The van der Waals surface area contributed by atoms with Crippen LogP contribution in [0.2, 0.25) is 0 Å². The first kappa shape index (κ1) is 15.4. The molecule has 1 aromatic carbocycles. The summed E-state index contributed by atoms with van der Waals surface area (Å²) in [7, 11) is 1.74. The van der Waals surface area contributed by atoms with Crippen LogP contribution in [0.25, 0.3) is 0 Å². The number of hydrogen-bond acceptors (Lipinski definition) is 3. The molecular weight excluding hydrogens is 242 g/mol. The Kier molecular flexibility index (Phi) is 6.58. The third-order valence-electron chi connectivity index (χ3n) is 2.81. The van der Waals surface area contributed by atoms with Gasteiger partial charge in [0.05, 0.1) is 7.11 Å². The Morgan fingerprint density at radius 3 is 2.61 bits per heavy atom. The standard InChI is InChI=1S/C15H25NOS/c1-6-16-14(10-18-11(2)3)13-9-12(4)7-8-15(13)17-5/h7-9,11,14,16H,6,10H2,1-5H3. The number of rotatable bonds is 7. The Morgan fingerprint density at radius 1 is 1.33 bits per heavy atom. The highest BCUT2D eigenvalue weighted by atomic mass is 32.2. The Balaban J connectivity index is 2.92. The van der Waals surface area contributed by atoms with E-state index in [-0.39, 0.29) is 0 Å². The predicted octanol–water partition coefficient (Wildman–Crippen LogP) is 3.80. The zero-order valence-electron chi connectivity index (χ0n) is 12.1. The molecule has 3 heteroatoms. The summed E-state index contributed by atoms with van der Waals surface area (Å²) in [6.45, 7) is 9.72. The fraction of sp³-hybridized carbons (Fsp3) is 0.600. The van der Waals surface area contributed by atoms with Crippen molar-refractivity contribution < 1.29 is 4.74 Å². The van der Waals surface area contributed by atoms with Gasteiger partial charge in [0.1, 0.15) is 5.75 Å². The molecule has 1 aromatic rings. The third-order valence-corrected chi connectivity index (χ3v) is 4.00. The molecule has 0 heterocycles. The zero-order valence-corrected chi connectivity index (χ0v) is 12.9. The summed E-state index contributed by atoms with van der Waals surface area (Å²) in [5.74, 6) is 2.06. The van der Waals surface area contributed by atoms with Gasteiger partial charge < -0.3 is 10.1 Å². The van der Waals surface area contributed by atoms with E-state index in [2.05, 4.69) is 51.2 Å². The van der Waals surface area contributed by atoms with Crippen LogP contribution in [0, 0.1) is 6.92 Å². The number of nitrogens with one attached hydrogen (secondary N) is 1. The lowest BCUT2D eigenvalue weighted by atomic mass is 10.0. The van der Waals surface area contributed by atoms with Crippen molar-refractivity contribution in [1.29, 1.82) is 0 Å². The molecule has 18 heavy (non-hydrogen) atoms. The van der Waals surface area contributed by atoms with Crippen LogP contribution in [0.4, 0.5) is 0 Å². The van der Waals surface area contributed by atoms with Gasteiger partial charge in [0.15, 0.2) is 0 Å². The molecule has 1 rings (SSSR count). The quantitative estimate of drug-likeness (QED) is 0.812. The average Bonchev–Trinajstić information content (AvgIpc) is 2.34. The van der Waals surface area contributed by atoms with Crippen molar-refractivity contribution in [1.82, 2.24) is 5.32 Å². The number of benzene rings is 1. The number of aryl methyl sites for hydroxylation is 1. The second-order valence-electron chi connectivity index (χ2n) is 4.74. The van der Waals surface area contributed by atoms with E-state index in [1.54, 1.807) is 7.11 Å². The van der Waals surface area contributed by atoms with Crippen LogP contribution in [0.3, 0.4) is 0 Å². The summed E-state index contributed by atoms with van der Waals surface area (Å²) >= 11 is 1.98. The van der Waals surface area contributed by atoms with Crippen LogP contribution in [-0.2, 0) is 0 Å². The van der Waals surface area contributed by atoms with Gasteiger partial charge in [-0.15, -0.1) is 0 Å². The first-order chi connectivity index (χ1) is 8.58. The molecule has 0 radical (unpaired) electrons. The Hall–Kier alpha value is -0.670. The SMILES string of the molecule is CCNC(CSC(C)C)c1cc(C)ccc1OC. The Labute approximate surface area is 116 Å². The van der Waals surface area contributed by atoms with E-state index in [4.69, 9.17) is 4.74 Å². The summed E-state index contributed by atoms with van der Waals surface area (Å²) in [5.41, 5.74) is 2.55. The molecule has 0 aliphatic heterocycles. The average molecular weight is 267 g/mol. The van der Waals surface area contributed by atoms with Crippen LogP contribution < -0.4 is 10.1 Å². The first-order valence-corrected chi connectivity index (χ1v) is 7.62. The van der Waals surface area contributed by atoms with Gasteiger partial charge in [-0.05, 0) is 24.8 Å². The lowest BCUT2D eigenvalue weighted by molar-refractivity contribution is 0.403. The van der Waals surface area contributed by atoms with Gasteiger partial charge in [-0.3, -0.25) is 0 Å². The van der Waals surface area contributed by atoms with Crippen LogP contribution in [0.15, 0.2) is 18.2 Å². The number of thioether (sulfide) groups is 1. The molecule has 2 nitrogen and oxygen atoms in total. The van der Waals surface area contributed by atoms with E-state index in [0.717, 1.165) is 18.0 Å². The Bertz CT molecular complexity index is 366. The van der Waals surface area contributed by atoms with Crippen molar-refractivity contribution >= 4 is 11.8 Å². The summed E-state index contributed by atoms with van der Waals surface area (Å²) in [4.78, 5) is 0. The van der Waals surface area contributed by atoms with Crippen LogP contribution in [0.1, 0.15) is 37.9 Å². The largest absolute Gasteiger partial charge is 0.496 e. The van der Waals surface area contributed by atoms with Gasteiger partial charge in [-0.2, -0.15) is 11.8 Å². The second-order valence-corrected chi connectivity index (χ2v) is 6.35. The minimum atomic E-state index is 0.359. The van der Waals surface area contributed by atoms with Crippen molar-refractivity contribution in [2.75, 3.05) is 19.4 Å². The molecule has 102 valence electrons. The van der Waals surface area contributed by atoms with Crippen molar-refractivity contribution in [2.45, 2.75) is 39.0 Å². The molecule has 0 amide bonds. The van der Waals surface area contributed by atoms with Crippen molar-refractivity contribution in [2.24, 2.45) is 0 Å². The normalized spacial score (nSPS) is 12.8. The molecule has 0 saturated heterocycles. The number of methoxy groups -OCH3 is 1. The number of hydrogen-bond donors (Lipinski definition) is 1. The fourth-order valence-corrected chi connectivity index (χ4v) is 2.79. The molecule has 0 fully saturated rings. The summed E-state index contributed by atoms with van der Waals surface area (Å²) in [5, 5.41) is 4.21. The summed E-state index contributed by atoms with van der Waals surface area (Å²) < 4.78 is 5.49. The summed E-state index contributed by atoms with van der Waals surface area (Å²) in [6, 6.07) is 6.75. The zero-order chi connectivity index (χ0) is 13.5. The van der Waals surface area contributed by atoms with E-state index in [9.17, 15) is 0 Å². The van der Waals surface area contributed by atoms with E-state index >= 15 is 0 Å². The molecule has 1 unspecified atom stereocenters. The molecule has 0 aromatic heterocycles. The van der Waals surface area contributed by atoms with Crippen LogP contribution in [-0.4, -0.2) is 24.7 Å². The minimum absolute atomic E-state index is 0.359. The topological polar surface area (TPSA) is 21.3 Å². The smallest absolute Gasteiger partial charge is 0.123 e. The van der Waals surface area contributed by atoms with Crippen LogP contribution >= 0.6 is 11.8 Å². The molecule has 1 N–H and O–H groups in total. The third kappa shape index (κ3) is 4.54. The maximum absolute atomic E-state index is 5.49. The first-order valence-electron chi connectivity index (χ1n) is 6.58. The van der Waals surface area contributed by atoms with Crippen molar-refractivity contribution in [3.8, 4) is 5.75 Å². The molecule has 0 aliphatic rings. The van der Waals surface area contributed by atoms with Gasteiger partial charge in [-0.1, -0.05) is 38.5 Å². The highest BCUT2D eigenvalue weighted by Crippen LogP contribution is 2.29. The van der Waals surface area contributed by atoms with E-state index < -0.39 is 0 Å². The maximum atomic E-state index is 5.49. The Morgan fingerprint density at radius 2 is 2.06 bits per heavy atom.